The van der Waals surface area contributed by atoms with Gasteiger partial charge < -0.3 is 5.73 Å². The Kier molecular flexibility index (Phi) is 4.02. The molecule has 19 heavy (non-hydrogen) atoms. The van der Waals surface area contributed by atoms with Gasteiger partial charge in [-0.2, -0.15) is 5.10 Å². The van der Waals surface area contributed by atoms with E-state index in [2.05, 4.69) is 5.10 Å². The maximum atomic E-state index is 12.6. The minimum atomic E-state index is -0.403. The lowest BCUT2D eigenvalue weighted by atomic mass is 9.79. The summed E-state index contributed by atoms with van der Waals surface area (Å²) in [7, 11) is 1.84. The second-order valence-corrected chi connectivity index (χ2v) is 6.08. The Morgan fingerprint density at radius 2 is 2.32 bits per heavy atom. The molecule has 1 heterocycles. The molecule has 1 aliphatic carbocycles. The van der Waals surface area contributed by atoms with E-state index in [1.54, 1.807) is 4.68 Å². The molecule has 2 rings (SSSR count). The van der Waals surface area contributed by atoms with E-state index < -0.39 is 5.41 Å². The third-order valence-electron chi connectivity index (χ3n) is 4.50. The van der Waals surface area contributed by atoms with Crippen LogP contribution in [0, 0.1) is 5.41 Å². The number of nitrogens with zero attached hydrogens (tertiary/aromatic N) is 2. The Morgan fingerprint density at radius 1 is 1.63 bits per heavy atom. The SMILES string of the molecule is CCc1nn(C)c(CC(=O)C2(C)CCCC2N)c1Cl. The maximum absolute atomic E-state index is 12.6. The van der Waals surface area contributed by atoms with E-state index in [9.17, 15) is 4.79 Å². The Balaban J connectivity index is 2.22. The van der Waals surface area contributed by atoms with Crippen molar-refractivity contribution in [1.82, 2.24) is 9.78 Å². The Labute approximate surface area is 119 Å². The first-order valence-electron chi connectivity index (χ1n) is 6.89. The Hall–Kier alpha value is -0.870. The van der Waals surface area contributed by atoms with Crippen molar-refractivity contribution in [1.29, 1.82) is 0 Å². The van der Waals surface area contributed by atoms with Crippen LogP contribution in [0.1, 0.15) is 44.5 Å². The Bertz CT molecular complexity index is 497. The second-order valence-electron chi connectivity index (χ2n) is 5.70. The number of Topliss-reactive ketones (excluding diaryl/α,β-unsaturated/α-hetero) is 1. The minimum absolute atomic E-state index is 0.0300. The molecule has 0 spiro atoms. The van der Waals surface area contributed by atoms with Gasteiger partial charge in [-0.25, -0.2) is 0 Å². The lowest BCUT2D eigenvalue weighted by molar-refractivity contribution is -0.127. The first-order valence-corrected chi connectivity index (χ1v) is 7.27. The van der Waals surface area contributed by atoms with Crippen LogP contribution in [0.4, 0.5) is 0 Å². The van der Waals surface area contributed by atoms with E-state index in [1.165, 1.54) is 0 Å². The molecule has 1 aromatic rings. The summed E-state index contributed by atoms with van der Waals surface area (Å²) in [5, 5.41) is 4.98. The summed E-state index contributed by atoms with van der Waals surface area (Å²) >= 11 is 6.30. The van der Waals surface area contributed by atoms with Gasteiger partial charge in [-0.15, -0.1) is 0 Å². The highest BCUT2D eigenvalue weighted by molar-refractivity contribution is 6.32. The molecule has 1 aromatic heterocycles. The molecule has 0 radical (unpaired) electrons. The van der Waals surface area contributed by atoms with Gasteiger partial charge in [0.25, 0.3) is 0 Å². The number of ketones is 1. The number of rotatable bonds is 4. The zero-order chi connectivity index (χ0) is 14.2. The summed E-state index contributed by atoms with van der Waals surface area (Å²) in [6.45, 7) is 3.99. The third-order valence-corrected chi connectivity index (χ3v) is 4.93. The van der Waals surface area contributed by atoms with Crippen LogP contribution in [0.5, 0.6) is 0 Å². The molecule has 0 bridgehead atoms. The van der Waals surface area contributed by atoms with E-state index in [4.69, 9.17) is 17.3 Å². The molecule has 0 aliphatic heterocycles. The van der Waals surface area contributed by atoms with Crippen molar-refractivity contribution in [3.63, 3.8) is 0 Å². The van der Waals surface area contributed by atoms with Crippen molar-refractivity contribution >= 4 is 17.4 Å². The van der Waals surface area contributed by atoms with Crippen LogP contribution in [-0.2, 0) is 24.7 Å². The van der Waals surface area contributed by atoms with Crippen molar-refractivity contribution in [3.8, 4) is 0 Å². The molecule has 5 heteroatoms. The zero-order valence-corrected chi connectivity index (χ0v) is 12.6. The summed E-state index contributed by atoms with van der Waals surface area (Å²) in [6, 6.07) is -0.0300. The lowest BCUT2D eigenvalue weighted by Gasteiger charge is -2.27. The van der Waals surface area contributed by atoms with Gasteiger partial charge in [0, 0.05) is 18.5 Å². The van der Waals surface area contributed by atoms with Gasteiger partial charge in [0.1, 0.15) is 5.78 Å². The van der Waals surface area contributed by atoms with Crippen molar-refractivity contribution < 1.29 is 4.79 Å². The van der Waals surface area contributed by atoms with Crippen LogP contribution in [0.15, 0.2) is 0 Å². The number of halogens is 1. The summed E-state index contributed by atoms with van der Waals surface area (Å²) < 4.78 is 1.73. The van der Waals surface area contributed by atoms with Crippen LogP contribution < -0.4 is 5.73 Å². The number of carbonyl (C=O) groups excluding carboxylic acids is 1. The van der Waals surface area contributed by atoms with E-state index in [-0.39, 0.29) is 11.8 Å². The molecule has 2 unspecified atom stereocenters. The third kappa shape index (κ3) is 2.43. The smallest absolute Gasteiger partial charge is 0.146 e. The van der Waals surface area contributed by atoms with Crippen LogP contribution in [0.25, 0.3) is 0 Å². The number of aromatic nitrogens is 2. The maximum Gasteiger partial charge on any atom is 0.146 e. The van der Waals surface area contributed by atoms with E-state index in [0.29, 0.717) is 11.4 Å². The molecule has 2 N–H and O–H groups in total. The zero-order valence-electron chi connectivity index (χ0n) is 11.9. The van der Waals surface area contributed by atoms with Crippen molar-refractivity contribution in [2.75, 3.05) is 0 Å². The molecule has 1 aliphatic rings. The first kappa shape index (κ1) is 14.5. The fourth-order valence-corrected chi connectivity index (χ4v) is 3.27. The fraction of sp³-hybridized carbons (Fsp3) is 0.714. The predicted octanol–water partition coefficient (Wildman–Crippen LogP) is 2.27. The molecular formula is C14H22ClN3O. The van der Waals surface area contributed by atoms with Crippen LogP contribution in [0.2, 0.25) is 5.02 Å². The molecule has 0 amide bonds. The summed E-state index contributed by atoms with van der Waals surface area (Å²) in [6.07, 6.45) is 3.94. The molecule has 4 nitrogen and oxygen atoms in total. The summed E-state index contributed by atoms with van der Waals surface area (Å²) in [5.74, 6) is 0.185. The number of nitrogens with two attached hydrogens (primary N) is 1. The van der Waals surface area contributed by atoms with Crippen molar-refractivity contribution in [2.24, 2.45) is 18.2 Å². The van der Waals surface area contributed by atoms with Gasteiger partial charge in [-0.3, -0.25) is 9.48 Å². The lowest BCUT2D eigenvalue weighted by Crippen LogP contribution is -2.42. The van der Waals surface area contributed by atoms with Crippen LogP contribution in [-0.4, -0.2) is 21.6 Å². The molecule has 0 aromatic carbocycles. The summed E-state index contributed by atoms with van der Waals surface area (Å²) in [5.41, 5.74) is 7.36. The monoisotopic (exact) mass is 283 g/mol. The average Bonchev–Trinajstić information content (AvgIpc) is 2.85. The van der Waals surface area contributed by atoms with Gasteiger partial charge in [0.05, 0.1) is 22.8 Å². The van der Waals surface area contributed by atoms with Gasteiger partial charge in [-0.1, -0.05) is 31.9 Å². The van der Waals surface area contributed by atoms with Crippen molar-refractivity contribution in [2.45, 2.75) is 52.0 Å². The van der Waals surface area contributed by atoms with E-state index in [1.807, 2.05) is 20.9 Å². The molecule has 0 saturated heterocycles. The minimum Gasteiger partial charge on any atom is -0.327 e. The standard InChI is InChI=1S/C14H22ClN3O/c1-4-9-13(15)10(18(3)17-9)8-12(19)14(2)7-5-6-11(14)16/h11H,4-8,16H2,1-3H3. The van der Waals surface area contributed by atoms with Gasteiger partial charge in [-0.05, 0) is 19.3 Å². The van der Waals surface area contributed by atoms with Gasteiger partial charge in [0.15, 0.2) is 0 Å². The number of hydrogen-bond donors (Lipinski definition) is 1. The number of aryl methyl sites for hydroxylation is 2. The summed E-state index contributed by atoms with van der Waals surface area (Å²) in [4.78, 5) is 12.6. The van der Waals surface area contributed by atoms with Crippen LogP contribution >= 0.6 is 11.6 Å². The van der Waals surface area contributed by atoms with Crippen LogP contribution in [0.3, 0.4) is 0 Å². The molecule has 106 valence electrons. The predicted molar refractivity (Wildman–Crippen MR) is 76.2 cm³/mol. The average molecular weight is 284 g/mol. The van der Waals surface area contributed by atoms with Crippen molar-refractivity contribution in [3.05, 3.63) is 16.4 Å². The largest absolute Gasteiger partial charge is 0.327 e. The normalized spacial score (nSPS) is 26.9. The van der Waals surface area contributed by atoms with E-state index in [0.717, 1.165) is 37.1 Å². The topological polar surface area (TPSA) is 60.9 Å². The number of carbonyl (C=O) groups is 1. The van der Waals surface area contributed by atoms with E-state index >= 15 is 0 Å². The number of hydrogen-bond acceptors (Lipinski definition) is 3. The fourth-order valence-electron chi connectivity index (χ4n) is 2.91. The molecule has 1 fully saturated rings. The quantitative estimate of drug-likeness (QED) is 0.922. The first-order chi connectivity index (χ1) is 8.90. The second kappa shape index (κ2) is 5.25. The van der Waals surface area contributed by atoms with Gasteiger partial charge in [0.2, 0.25) is 0 Å². The molecule has 2 atom stereocenters. The highest BCUT2D eigenvalue weighted by atomic mass is 35.5. The highest BCUT2D eigenvalue weighted by Gasteiger charge is 2.42. The molecule has 1 saturated carbocycles. The Morgan fingerprint density at radius 3 is 2.79 bits per heavy atom. The highest BCUT2D eigenvalue weighted by Crippen LogP contribution is 2.38. The van der Waals surface area contributed by atoms with Gasteiger partial charge >= 0.3 is 0 Å². The molecular weight excluding hydrogens is 262 g/mol.